The fraction of sp³-hybridized carbons (Fsp3) is 0.294. The molecular formula is C17H20N2. The molecule has 19 heavy (non-hydrogen) atoms. The van der Waals surface area contributed by atoms with Gasteiger partial charge < -0.3 is 0 Å². The SMILES string of the molecule is CCc1cccc(CC)c1N=C(C)c1ccccn1. The van der Waals surface area contributed by atoms with E-state index in [-0.39, 0.29) is 0 Å². The summed E-state index contributed by atoms with van der Waals surface area (Å²) in [4.78, 5) is 9.18. The van der Waals surface area contributed by atoms with Crippen molar-refractivity contribution in [2.24, 2.45) is 4.99 Å². The summed E-state index contributed by atoms with van der Waals surface area (Å²) in [5.74, 6) is 0. The van der Waals surface area contributed by atoms with Gasteiger partial charge in [-0.1, -0.05) is 38.1 Å². The smallest absolute Gasteiger partial charge is 0.0841 e. The Morgan fingerprint density at radius 2 is 1.68 bits per heavy atom. The molecule has 0 spiro atoms. The van der Waals surface area contributed by atoms with Gasteiger partial charge in [0.15, 0.2) is 0 Å². The standard InChI is InChI=1S/C17H20N2/c1-4-14-9-8-10-15(5-2)17(14)19-13(3)16-11-6-7-12-18-16/h6-12H,4-5H2,1-3H3. The van der Waals surface area contributed by atoms with Gasteiger partial charge in [0.25, 0.3) is 0 Å². The third-order valence-electron chi connectivity index (χ3n) is 3.28. The Balaban J connectivity index is 2.47. The Bertz CT molecular complexity index is 549. The lowest BCUT2D eigenvalue weighted by Gasteiger charge is -2.10. The van der Waals surface area contributed by atoms with Crippen LogP contribution in [0, 0.1) is 0 Å². The molecule has 0 atom stereocenters. The Morgan fingerprint density at radius 1 is 1.00 bits per heavy atom. The predicted molar refractivity (Wildman–Crippen MR) is 81.3 cm³/mol. The predicted octanol–water partition coefficient (Wildman–Crippen LogP) is 4.35. The zero-order chi connectivity index (χ0) is 13.7. The summed E-state index contributed by atoms with van der Waals surface area (Å²) in [6.45, 7) is 6.36. The van der Waals surface area contributed by atoms with Gasteiger partial charge in [-0.25, -0.2) is 0 Å². The largest absolute Gasteiger partial charge is 0.255 e. The van der Waals surface area contributed by atoms with Crippen LogP contribution in [0.3, 0.4) is 0 Å². The molecule has 0 saturated heterocycles. The average Bonchev–Trinajstić information content (AvgIpc) is 2.48. The van der Waals surface area contributed by atoms with Crippen molar-refractivity contribution in [3.63, 3.8) is 0 Å². The summed E-state index contributed by atoms with van der Waals surface area (Å²) >= 11 is 0. The number of rotatable bonds is 4. The number of benzene rings is 1. The van der Waals surface area contributed by atoms with Crippen molar-refractivity contribution in [1.82, 2.24) is 4.98 Å². The molecule has 0 aliphatic heterocycles. The van der Waals surface area contributed by atoms with Crippen LogP contribution in [0.2, 0.25) is 0 Å². The zero-order valence-electron chi connectivity index (χ0n) is 11.9. The van der Waals surface area contributed by atoms with E-state index in [0.29, 0.717) is 0 Å². The van der Waals surface area contributed by atoms with E-state index in [9.17, 15) is 0 Å². The van der Waals surface area contributed by atoms with E-state index >= 15 is 0 Å². The molecule has 2 aromatic rings. The molecule has 0 amide bonds. The maximum Gasteiger partial charge on any atom is 0.0841 e. The molecule has 1 aromatic heterocycles. The highest BCUT2D eigenvalue weighted by atomic mass is 14.8. The molecule has 98 valence electrons. The molecule has 0 radical (unpaired) electrons. The van der Waals surface area contributed by atoms with Crippen LogP contribution in [0.1, 0.15) is 37.6 Å². The number of aromatic nitrogens is 1. The van der Waals surface area contributed by atoms with Gasteiger partial charge in [-0.15, -0.1) is 0 Å². The quantitative estimate of drug-likeness (QED) is 0.743. The van der Waals surface area contributed by atoms with Crippen LogP contribution in [0.5, 0.6) is 0 Å². The molecule has 0 unspecified atom stereocenters. The van der Waals surface area contributed by atoms with E-state index in [4.69, 9.17) is 4.99 Å². The summed E-state index contributed by atoms with van der Waals surface area (Å²) < 4.78 is 0. The number of pyridine rings is 1. The number of para-hydroxylation sites is 1. The molecule has 2 heteroatoms. The molecule has 1 aromatic carbocycles. The van der Waals surface area contributed by atoms with Crippen LogP contribution < -0.4 is 0 Å². The minimum absolute atomic E-state index is 0.940. The van der Waals surface area contributed by atoms with Crippen LogP contribution in [0.4, 0.5) is 5.69 Å². The van der Waals surface area contributed by atoms with Crippen LogP contribution in [-0.2, 0) is 12.8 Å². The highest BCUT2D eigenvalue weighted by Gasteiger charge is 2.06. The average molecular weight is 252 g/mol. The lowest BCUT2D eigenvalue weighted by Crippen LogP contribution is -1.98. The number of aliphatic imine (C=N–C) groups is 1. The first kappa shape index (κ1) is 13.5. The molecule has 0 aliphatic rings. The van der Waals surface area contributed by atoms with E-state index in [2.05, 4.69) is 37.0 Å². The minimum Gasteiger partial charge on any atom is -0.255 e. The number of hydrogen-bond donors (Lipinski definition) is 0. The third-order valence-corrected chi connectivity index (χ3v) is 3.28. The maximum atomic E-state index is 4.82. The van der Waals surface area contributed by atoms with Crippen LogP contribution in [0.15, 0.2) is 47.6 Å². The van der Waals surface area contributed by atoms with Gasteiger partial charge in [0.05, 0.1) is 17.1 Å². The lowest BCUT2D eigenvalue weighted by molar-refractivity contribution is 1.08. The maximum absolute atomic E-state index is 4.82. The normalized spacial score (nSPS) is 11.6. The fourth-order valence-electron chi connectivity index (χ4n) is 2.16. The number of aryl methyl sites for hydroxylation is 2. The zero-order valence-corrected chi connectivity index (χ0v) is 11.9. The van der Waals surface area contributed by atoms with Crippen molar-refractivity contribution in [2.75, 3.05) is 0 Å². The summed E-state index contributed by atoms with van der Waals surface area (Å²) in [7, 11) is 0. The van der Waals surface area contributed by atoms with E-state index in [1.807, 2.05) is 25.1 Å². The van der Waals surface area contributed by atoms with Gasteiger partial charge in [0.1, 0.15) is 0 Å². The van der Waals surface area contributed by atoms with E-state index in [1.165, 1.54) is 11.1 Å². The second-order valence-electron chi connectivity index (χ2n) is 4.54. The Morgan fingerprint density at radius 3 is 2.21 bits per heavy atom. The Kier molecular flexibility index (Phi) is 4.45. The van der Waals surface area contributed by atoms with Gasteiger partial charge in [0.2, 0.25) is 0 Å². The van der Waals surface area contributed by atoms with Gasteiger partial charge in [-0.3, -0.25) is 9.98 Å². The first-order valence-corrected chi connectivity index (χ1v) is 6.83. The summed E-state index contributed by atoms with van der Waals surface area (Å²) in [5, 5.41) is 0. The molecule has 1 heterocycles. The second-order valence-corrected chi connectivity index (χ2v) is 4.54. The summed E-state index contributed by atoms with van der Waals surface area (Å²) in [6, 6.07) is 12.3. The Labute approximate surface area is 115 Å². The molecule has 0 fully saturated rings. The van der Waals surface area contributed by atoms with Crippen LogP contribution >= 0.6 is 0 Å². The van der Waals surface area contributed by atoms with Gasteiger partial charge in [0, 0.05) is 6.20 Å². The van der Waals surface area contributed by atoms with E-state index < -0.39 is 0 Å². The summed E-state index contributed by atoms with van der Waals surface area (Å²) in [6.07, 6.45) is 3.81. The van der Waals surface area contributed by atoms with E-state index in [1.54, 1.807) is 6.20 Å². The first-order valence-electron chi connectivity index (χ1n) is 6.83. The van der Waals surface area contributed by atoms with Crippen LogP contribution in [0.25, 0.3) is 0 Å². The molecule has 0 saturated carbocycles. The van der Waals surface area contributed by atoms with E-state index in [0.717, 1.165) is 29.9 Å². The van der Waals surface area contributed by atoms with Crippen molar-refractivity contribution in [2.45, 2.75) is 33.6 Å². The van der Waals surface area contributed by atoms with Gasteiger partial charge in [-0.05, 0) is 43.0 Å². The summed E-state index contributed by atoms with van der Waals surface area (Å²) in [5.41, 5.74) is 5.63. The molecule has 0 bridgehead atoms. The fourth-order valence-corrected chi connectivity index (χ4v) is 2.16. The third kappa shape index (κ3) is 3.08. The monoisotopic (exact) mass is 252 g/mol. The van der Waals surface area contributed by atoms with Crippen molar-refractivity contribution in [3.8, 4) is 0 Å². The minimum atomic E-state index is 0.940. The lowest BCUT2D eigenvalue weighted by atomic mass is 10.0. The van der Waals surface area contributed by atoms with Gasteiger partial charge >= 0.3 is 0 Å². The van der Waals surface area contributed by atoms with Crippen molar-refractivity contribution < 1.29 is 0 Å². The highest BCUT2D eigenvalue weighted by Crippen LogP contribution is 2.26. The van der Waals surface area contributed by atoms with Crippen molar-refractivity contribution >= 4 is 11.4 Å². The molecular weight excluding hydrogens is 232 g/mol. The number of hydrogen-bond acceptors (Lipinski definition) is 2. The molecule has 0 aliphatic carbocycles. The molecule has 2 rings (SSSR count). The Hall–Kier alpha value is -1.96. The molecule has 2 nitrogen and oxygen atoms in total. The van der Waals surface area contributed by atoms with Gasteiger partial charge in [-0.2, -0.15) is 0 Å². The highest BCUT2D eigenvalue weighted by molar-refractivity contribution is 5.98. The second kappa shape index (κ2) is 6.28. The van der Waals surface area contributed by atoms with Crippen molar-refractivity contribution in [3.05, 3.63) is 59.4 Å². The number of nitrogens with zero attached hydrogens (tertiary/aromatic N) is 2. The van der Waals surface area contributed by atoms with Crippen molar-refractivity contribution in [1.29, 1.82) is 0 Å². The van der Waals surface area contributed by atoms with Crippen LogP contribution in [-0.4, -0.2) is 10.7 Å². The molecule has 0 N–H and O–H groups in total. The first-order chi connectivity index (χ1) is 9.26. The topological polar surface area (TPSA) is 25.2 Å².